The molecular weight excluding hydrogens is 357 g/mol. The van der Waals surface area contributed by atoms with Crippen LogP contribution in [0, 0.1) is 23.1 Å². The highest BCUT2D eigenvalue weighted by Gasteiger charge is 2.61. The van der Waals surface area contributed by atoms with Gasteiger partial charge < -0.3 is 10.1 Å². The molecule has 4 bridgehead atoms. The highest BCUT2D eigenvalue weighted by atomic mass is 35.5. The molecule has 0 aliphatic heterocycles. The van der Waals surface area contributed by atoms with E-state index in [0.717, 1.165) is 32.1 Å². The zero-order chi connectivity index (χ0) is 18.5. The van der Waals surface area contributed by atoms with Gasteiger partial charge in [0, 0.05) is 18.0 Å². The molecule has 1 aromatic rings. The number of benzene rings is 1. The number of hydrogen-bond donors (Lipinski definition) is 1. The summed E-state index contributed by atoms with van der Waals surface area (Å²) in [5.41, 5.74) is -0.177. The number of carbonyl (C=O) groups is 2. The van der Waals surface area contributed by atoms with Crippen molar-refractivity contribution in [1.82, 2.24) is 5.32 Å². The summed E-state index contributed by atoms with van der Waals surface area (Å²) in [7, 11) is 0. The Balaban J connectivity index is 1.51. The summed E-state index contributed by atoms with van der Waals surface area (Å²) in [6, 6.07) is 4.08. The molecule has 140 valence electrons. The van der Waals surface area contributed by atoms with Gasteiger partial charge in [-0.3, -0.25) is 9.59 Å². The molecule has 0 aromatic heterocycles. The van der Waals surface area contributed by atoms with Crippen LogP contribution in [-0.2, 0) is 20.9 Å². The van der Waals surface area contributed by atoms with E-state index in [9.17, 15) is 14.0 Å². The van der Waals surface area contributed by atoms with E-state index in [4.69, 9.17) is 16.3 Å². The van der Waals surface area contributed by atoms with Gasteiger partial charge in [-0.25, -0.2) is 4.39 Å². The van der Waals surface area contributed by atoms with Crippen molar-refractivity contribution < 1.29 is 18.7 Å². The Morgan fingerprint density at radius 1 is 1.27 bits per heavy atom. The van der Waals surface area contributed by atoms with Crippen LogP contribution in [0.2, 0.25) is 5.02 Å². The third-order valence-electron chi connectivity index (χ3n) is 6.31. The minimum absolute atomic E-state index is 0.0337. The van der Waals surface area contributed by atoms with Crippen molar-refractivity contribution in [3.05, 3.63) is 34.6 Å². The predicted molar refractivity (Wildman–Crippen MR) is 94.9 cm³/mol. The van der Waals surface area contributed by atoms with Gasteiger partial charge in [-0.2, -0.15) is 0 Å². The first-order valence-corrected chi connectivity index (χ1v) is 9.57. The van der Waals surface area contributed by atoms with Gasteiger partial charge in [-0.05, 0) is 62.5 Å². The fourth-order valence-electron chi connectivity index (χ4n) is 5.96. The maximum atomic E-state index is 13.2. The molecule has 5 rings (SSSR count). The van der Waals surface area contributed by atoms with E-state index >= 15 is 0 Å². The van der Waals surface area contributed by atoms with Crippen molar-refractivity contribution in [2.45, 2.75) is 57.6 Å². The molecule has 2 atom stereocenters. The van der Waals surface area contributed by atoms with Crippen LogP contribution in [0.1, 0.15) is 51.0 Å². The van der Waals surface area contributed by atoms with Crippen molar-refractivity contribution in [3.8, 4) is 0 Å². The molecular formula is C20H23ClFNO3. The summed E-state index contributed by atoms with van der Waals surface area (Å²) in [5, 5.41) is 3.41. The Morgan fingerprint density at radius 3 is 2.58 bits per heavy atom. The largest absolute Gasteiger partial charge is 0.460 e. The fourth-order valence-corrected chi connectivity index (χ4v) is 6.18. The number of esters is 1. The van der Waals surface area contributed by atoms with Crippen LogP contribution < -0.4 is 5.32 Å². The van der Waals surface area contributed by atoms with E-state index in [0.29, 0.717) is 23.8 Å². The van der Waals surface area contributed by atoms with Gasteiger partial charge >= 0.3 is 5.97 Å². The van der Waals surface area contributed by atoms with Crippen molar-refractivity contribution in [3.63, 3.8) is 0 Å². The first-order chi connectivity index (χ1) is 12.3. The molecule has 0 heterocycles. The van der Waals surface area contributed by atoms with Gasteiger partial charge in [0.05, 0.1) is 10.4 Å². The average molecular weight is 380 g/mol. The molecule has 4 nitrogen and oxygen atoms in total. The van der Waals surface area contributed by atoms with Crippen LogP contribution >= 0.6 is 11.6 Å². The number of ether oxygens (including phenoxy) is 1. The topological polar surface area (TPSA) is 55.4 Å². The van der Waals surface area contributed by atoms with Crippen LogP contribution in [-0.4, -0.2) is 17.4 Å². The summed E-state index contributed by atoms with van der Waals surface area (Å²) in [5.74, 6) is 0.272. The van der Waals surface area contributed by atoms with Gasteiger partial charge in [0.1, 0.15) is 12.4 Å². The Hall–Kier alpha value is -1.62. The zero-order valence-corrected chi connectivity index (χ0v) is 15.6. The molecule has 6 heteroatoms. The van der Waals surface area contributed by atoms with Crippen molar-refractivity contribution in [2.75, 3.05) is 0 Å². The number of hydrogen-bond acceptors (Lipinski definition) is 3. The van der Waals surface area contributed by atoms with E-state index in [1.54, 1.807) is 13.0 Å². The monoisotopic (exact) mass is 379 g/mol. The summed E-state index contributed by atoms with van der Waals surface area (Å²) in [6.45, 7) is 1.59. The molecule has 4 aliphatic rings. The van der Waals surface area contributed by atoms with Gasteiger partial charge in [0.25, 0.3) is 0 Å². The Bertz CT molecular complexity index is 751. The van der Waals surface area contributed by atoms with E-state index < -0.39 is 11.2 Å². The molecule has 26 heavy (non-hydrogen) atoms. The molecule has 0 radical (unpaired) electrons. The summed E-state index contributed by atoms with van der Waals surface area (Å²) in [4.78, 5) is 24.7. The standard InChI is InChI=1S/C20H23ClFNO3/c1-12(24)23-20-8-13-4-14(9-20)7-19(6-13,11-20)18(25)26-10-15-2-3-16(22)5-17(15)21/h2-3,5,13-14H,4,6-11H2,1H3,(H,23,24). The minimum atomic E-state index is -0.515. The Morgan fingerprint density at radius 2 is 1.96 bits per heavy atom. The van der Waals surface area contributed by atoms with Gasteiger partial charge in [0.2, 0.25) is 5.91 Å². The van der Waals surface area contributed by atoms with Crippen molar-refractivity contribution in [1.29, 1.82) is 0 Å². The fraction of sp³-hybridized carbons (Fsp3) is 0.600. The first-order valence-electron chi connectivity index (χ1n) is 9.19. The Labute approximate surface area is 157 Å². The van der Waals surface area contributed by atoms with Gasteiger partial charge in [-0.15, -0.1) is 0 Å². The molecule has 1 amide bonds. The lowest BCUT2D eigenvalue weighted by atomic mass is 9.47. The Kier molecular flexibility index (Phi) is 4.25. The highest BCUT2D eigenvalue weighted by molar-refractivity contribution is 6.31. The van der Waals surface area contributed by atoms with Crippen molar-refractivity contribution >= 4 is 23.5 Å². The normalized spacial score (nSPS) is 34.6. The second-order valence-corrected chi connectivity index (χ2v) is 8.92. The van der Waals surface area contributed by atoms with E-state index in [-0.39, 0.29) is 29.0 Å². The smallest absolute Gasteiger partial charge is 0.312 e. The molecule has 2 unspecified atom stereocenters. The second-order valence-electron chi connectivity index (χ2n) is 8.51. The predicted octanol–water partition coefficient (Wildman–Crippen LogP) is 4.00. The maximum Gasteiger partial charge on any atom is 0.312 e. The number of carbonyl (C=O) groups excluding carboxylic acids is 2. The molecule has 1 N–H and O–H groups in total. The summed E-state index contributed by atoms with van der Waals surface area (Å²) in [6.07, 6.45) is 5.38. The van der Waals surface area contributed by atoms with Gasteiger partial charge in [-0.1, -0.05) is 17.7 Å². The maximum absolute atomic E-state index is 13.2. The summed E-state index contributed by atoms with van der Waals surface area (Å²) >= 11 is 6.03. The van der Waals surface area contributed by atoms with Gasteiger partial charge in [0.15, 0.2) is 0 Å². The zero-order valence-electron chi connectivity index (χ0n) is 14.8. The number of halogens is 2. The second kappa shape index (κ2) is 6.22. The molecule has 0 spiro atoms. The van der Waals surface area contributed by atoms with Crippen LogP contribution in [0.3, 0.4) is 0 Å². The van der Waals surface area contributed by atoms with Crippen LogP contribution in [0.4, 0.5) is 4.39 Å². The molecule has 4 aliphatic carbocycles. The number of amides is 1. The molecule has 0 saturated heterocycles. The average Bonchev–Trinajstić information content (AvgIpc) is 2.51. The molecule has 4 fully saturated rings. The third-order valence-corrected chi connectivity index (χ3v) is 6.66. The minimum Gasteiger partial charge on any atom is -0.460 e. The molecule has 4 saturated carbocycles. The lowest BCUT2D eigenvalue weighted by Crippen LogP contribution is -2.64. The lowest BCUT2D eigenvalue weighted by Gasteiger charge is -2.60. The quantitative estimate of drug-likeness (QED) is 0.804. The van der Waals surface area contributed by atoms with Crippen LogP contribution in [0.5, 0.6) is 0 Å². The van der Waals surface area contributed by atoms with Crippen LogP contribution in [0.15, 0.2) is 18.2 Å². The SMILES string of the molecule is CC(=O)NC12CC3CC(C1)CC(C(=O)OCc1ccc(F)cc1Cl)(C3)C2. The van der Waals surface area contributed by atoms with E-state index in [2.05, 4.69) is 5.32 Å². The molecule has 1 aromatic carbocycles. The number of nitrogens with one attached hydrogen (secondary N) is 1. The van der Waals surface area contributed by atoms with E-state index in [1.165, 1.54) is 12.1 Å². The van der Waals surface area contributed by atoms with Crippen LogP contribution in [0.25, 0.3) is 0 Å². The number of rotatable bonds is 4. The van der Waals surface area contributed by atoms with E-state index in [1.807, 2.05) is 0 Å². The van der Waals surface area contributed by atoms with Crippen molar-refractivity contribution in [2.24, 2.45) is 17.3 Å². The first kappa shape index (κ1) is 17.8. The third kappa shape index (κ3) is 3.11. The summed E-state index contributed by atoms with van der Waals surface area (Å²) < 4.78 is 18.8. The lowest BCUT2D eigenvalue weighted by molar-refractivity contribution is -0.177. The highest BCUT2D eigenvalue weighted by Crippen LogP contribution is 2.62.